The number of aromatic nitrogens is 1. The van der Waals surface area contributed by atoms with Crippen molar-refractivity contribution in [2.24, 2.45) is 0 Å². The Morgan fingerprint density at radius 1 is 1.14 bits per heavy atom. The van der Waals surface area contributed by atoms with Gasteiger partial charge in [-0.1, -0.05) is 17.7 Å². The van der Waals surface area contributed by atoms with E-state index >= 15 is 0 Å². The average Bonchev–Trinajstić information content (AvgIpc) is 3.61. The molecule has 0 unspecified atom stereocenters. The minimum absolute atomic E-state index is 0.0428. The molecule has 3 N–H and O–H groups in total. The zero-order chi connectivity index (χ0) is 26.4. The van der Waals surface area contributed by atoms with E-state index in [0.717, 1.165) is 13.1 Å². The Morgan fingerprint density at radius 3 is 2.59 bits per heavy atom. The normalized spacial score (nSPS) is 22.6. The summed E-state index contributed by atoms with van der Waals surface area (Å²) in [4.78, 5) is 46.5. The van der Waals surface area contributed by atoms with Crippen molar-refractivity contribution in [1.82, 2.24) is 19.4 Å². The average molecular weight is 544 g/mol. The molecule has 9 nitrogen and oxygen atoms in total. The Bertz CT molecular complexity index is 1360. The molecule has 4 heterocycles. The molecule has 2 fully saturated rings. The molecule has 0 aliphatic carbocycles. The first-order valence-electron chi connectivity index (χ1n) is 12.3. The van der Waals surface area contributed by atoms with E-state index in [1.54, 1.807) is 23.5 Å². The number of rotatable bonds is 5. The van der Waals surface area contributed by atoms with Gasteiger partial charge >= 0.3 is 0 Å². The fourth-order valence-corrected chi connectivity index (χ4v) is 6.23. The Labute approximate surface area is 223 Å². The molecule has 0 spiro atoms. The third-order valence-corrected chi connectivity index (χ3v) is 8.53. The molecule has 196 valence electrons. The first-order valence-corrected chi connectivity index (χ1v) is 13.6. The molecule has 2 amide bonds. The number of carbonyl (C=O) groups excluding carboxylic acids is 3. The lowest BCUT2D eigenvalue weighted by Gasteiger charge is -2.44. The zero-order valence-corrected chi connectivity index (χ0v) is 22.3. The predicted molar refractivity (Wildman–Crippen MR) is 143 cm³/mol. The molecule has 2 aromatic heterocycles. The van der Waals surface area contributed by atoms with Gasteiger partial charge in [0.1, 0.15) is 0 Å². The molecular formula is C26H30ClN5O4S. The van der Waals surface area contributed by atoms with Gasteiger partial charge in [0.05, 0.1) is 27.8 Å². The zero-order valence-electron chi connectivity index (χ0n) is 20.8. The monoisotopic (exact) mass is 543 g/mol. The lowest BCUT2D eigenvalue weighted by atomic mass is 10.0. The van der Waals surface area contributed by atoms with Crippen LogP contribution >= 0.6 is 22.9 Å². The van der Waals surface area contributed by atoms with Gasteiger partial charge < -0.3 is 20.7 Å². The number of fused-ring (bicyclic) bond motifs is 1. The van der Waals surface area contributed by atoms with Crippen LogP contribution in [-0.4, -0.2) is 86.4 Å². The van der Waals surface area contributed by atoms with Gasteiger partial charge in [0.15, 0.2) is 0 Å². The summed E-state index contributed by atoms with van der Waals surface area (Å²) in [7, 11) is 0. The summed E-state index contributed by atoms with van der Waals surface area (Å²) in [6.07, 6.45) is 1.19. The quantitative estimate of drug-likeness (QED) is 0.291. The highest BCUT2D eigenvalue weighted by Gasteiger charge is 2.35. The number of Topliss-reactive ketones (excluding diaryl/α,β-unsaturated/α-hetero) is 1. The van der Waals surface area contributed by atoms with E-state index in [0.29, 0.717) is 30.4 Å². The van der Waals surface area contributed by atoms with Gasteiger partial charge in [-0.25, -0.2) is 0 Å². The summed E-state index contributed by atoms with van der Waals surface area (Å²) >= 11 is 8.28. The maximum atomic E-state index is 13.7. The number of nitrogens with two attached hydrogens (primary N) is 1. The van der Waals surface area contributed by atoms with Crippen LogP contribution < -0.4 is 5.84 Å². The van der Waals surface area contributed by atoms with Crippen molar-refractivity contribution in [2.45, 2.75) is 45.0 Å². The summed E-state index contributed by atoms with van der Waals surface area (Å²) in [5, 5.41) is 12.5. The van der Waals surface area contributed by atoms with Crippen LogP contribution in [0.25, 0.3) is 10.9 Å². The Hall–Kier alpha value is -2.92. The van der Waals surface area contributed by atoms with Gasteiger partial charge in [0.2, 0.25) is 0 Å². The summed E-state index contributed by atoms with van der Waals surface area (Å²) in [6, 6.07) is 7.40. The van der Waals surface area contributed by atoms with Crippen molar-refractivity contribution in [3.8, 4) is 0 Å². The van der Waals surface area contributed by atoms with Crippen LogP contribution in [0.4, 0.5) is 0 Å². The molecule has 2 saturated heterocycles. The number of halogens is 1. The first kappa shape index (κ1) is 25.7. The second kappa shape index (κ2) is 10.1. The molecule has 3 atom stereocenters. The highest BCUT2D eigenvalue weighted by molar-refractivity contribution is 7.09. The number of benzene rings is 1. The summed E-state index contributed by atoms with van der Waals surface area (Å²) < 4.78 is 1.24. The van der Waals surface area contributed by atoms with Crippen molar-refractivity contribution in [3.63, 3.8) is 0 Å². The minimum atomic E-state index is -0.729. The van der Waals surface area contributed by atoms with Crippen LogP contribution in [0.2, 0.25) is 5.02 Å². The SMILES string of the molecule is C[C@@H]1CN(Cc2cccs2)[C@@H](C)CN1C(=O)c1cc2c(C(=O)C(=O)N3CC[C@@H](O)C3)cn(N)c2cc1Cl. The van der Waals surface area contributed by atoms with Crippen LogP contribution in [0.1, 0.15) is 45.9 Å². The number of amides is 2. The topological polar surface area (TPSA) is 112 Å². The fraction of sp³-hybridized carbons (Fsp3) is 0.423. The van der Waals surface area contributed by atoms with E-state index in [-0.39, 0.29) is 40.7 Å². The van der Waals surface area contributed by atoms with Gasteiger partial charge in [-0.2, -0.15) is 0 Å². The Morgan fingerprint density at radius 2 is 1.92 bits per heavy atom. The molecule has 3 aromatic rings. The van der Waals surface area contributed by atoms with Crippen molar-refractivity contribution in [2.75, 3.05) is 32.0 Å². The number of thiophene rings is 1. The van der Waals surface area contributed by atoms with Gasteiger partial charge in [0, 0.05) is 61.3 Å². The number of hydrogen-bond donors (Lipinski definition) is 2. The third kappa shape index (κ3) is 4.86. The third-order valence-electron chi connectivity index (χ3n) is 7.36. The number of nitrogen functional groups attached to an aromatic ring is 1. The molecule has 11 heteroatoms. The van der Waals surface area contributed by atoms with Gasteiger partial charge in [-0.15, -0.1) is 11.3 Å². The fourth-order valence-electron chi connectivity index (χ4n) is 5.26. The van der Waals surface area contributed by atoms with Crippen molar-refractivity contribution in [3.05, 3.63) is 56.9 Å². The van der Waals surface area contributed by atoms with Gasteiger partial charge in [-0.05, 0) is 43.8 Å². The largest absolute Gasteiger partial charge is 0.391 e. The number of β-amino-alcohol motifs (C(OH)–C–C–N with tert-alkyl or cyclic N) is 1. The molecule has 2 aliphatic heterocycles. The summed E-state index contributed by atoms with van der Waals surface area (Å²) in [6.45, 7) is 6.67. The summed E-state index contributed by atoms with van der Waals surface area (Å²) in [5.74, 6) is 4.43. The van der Waals surface area contributed by atoms with Crippen LogP contribution in [0.3, 0.4) is 0 Å². The first-order chi connectivity index (χ1) is 17.6. The molecule has 1 aromatic carbocycles. The highest BCUT2D eigenvalue weighted by Crippen LogP contribution is 2.31. The molecule has 0 bridgehead atoms. The maximum Gasteiger partial charge on any atom is 0.295 e. The number of carbonyl (C=O) groups is 3. The number of aliphatic hydroxyl groups excluding tert-OH is 1. The van der Waals surface area contributed by atoms with Gasteiger partial charge in [-0.3, -0.25) is 24.0 Å². The predicted octanol–water partition coefficient (Wildman–Crippen LogP) is 2.58. The van der Waals surface area contributed by atoms with Crippen LogP contribution in [0.5, 0.6) is 0 Å². The lowest BCUT2D eigenvalue weighted by Crippen LogP contribution is -2.57. The lowest BCUT2D eigenvalue weighted by molar-refractivity contribution is -0.125. The van der Waals surface area contributed by atoms with E-state index < -0.39 is 17.8 Å². The Kier molecular flexibility index (Phi) is 7.01. The van der Waals surface area contributed by atoms with Crippen LogP contribution in [-0.2, 0) is 11.3 Å². The Balaban J connectivity index is 1.41. The summed E-state index contributed by atoms with van der Waals surface area (Å²) in [5.41, 5.74) is 0.822. The van der Waals surface area contributed by atoms with E-state index in [2.05, 4.69) is 23.3 Å². The second-order valence-electron chi connectivity index (χ2n) is 9.99. The van der Waals surface area contributed by atoms with E-state index in [9.17, 15) is 19.5 Å². The number of ketones is 1. The van der Waals surface area contributed by atoms with Crippen LogP contribution in [0.15, 0.2) is 35.8 Å². The van der Waals surface area contributed by atoms with Crippen LogP contribution in [0, 0.1) is 0 Å². The second-order valence-corrected chi connectivity index (χ2v) is 11.4. The standard InChI is InChI=1S/C26H30ClN5O4S/c1-15-11-31(16(2)10-30(15)13-18-4-3-7-37-18)25(35)20-8-19-21(14-32(28)23(19)9-22(20)27)24(34)26(36)29-6-5-17(33)12-29/h3-4,7-9,14-17,33H,5-6,10-13,28H2,1-2H3/t15-,16+,17+/m0/s1. The van der Waals surface area contributed by atoms with Gasteiger partial charge in [0.25, 0.3) is 17.6 Å². The smallest absolute Gasteiger partial charge is 0.295 e. The van der Waals surface area contributed by atoms with Crippen molar-refractivity contribution < 1.29 is 19.5 Å². The molecule has 37 heavy (non-hydrogen) atoms. The van der Waals surface area contributed by atoms with E-state index in [1.807, 2.05) is 17.9 Å². The molecule has 0 saturated carbocycles. The van der Waals surface area contributed by atoms with Crippen molar-refractivity contribution >= 4 is 51.4 Å². The van der Waals surface area contributed by atoms with Crippen molar-refractivity contribution in [1.29, 1.82) is 0 Å². The van der Waals surface area contributed by atoms with E-state index in [4.69, 9.17) is 17.4 Å². The maximum absolute atomic E-state index is 13.7. The highest BCUT2D eigenvalue weighted by atomic mass is 35.5. The molecule has 5 rings (SSSR count). The number of nitrogens with zero attached hydrogens (tertiary/aromatic N) is 4. The van der Waals surface area contributed by atoms with E-state index in [1.165, 1.54) is 20.7 Å². The number of hydrogen-bond acceptors (Lipinski definition) is 7. The molecule has 0 radical (unpaired) electrons. The molecular weight excluding hydrogens is 514 g/mol. The molecule has 2 aliphatic rings. The number of aliphatic hydroxyl groups is 1. The minimum Gasteiger partial charge on any atom is -0.391 e. The number of piperazine rings is 1. The number of likely N-dealkylation sites (tertiary alicyclic amines) is 1.